The first-order valence-corrected chi connectivity index (χ1v) is 26.9. The van der Waals surface area contributed by atoms with Crippen molar-refractivity contribution in [3.05, 3.63) is 205 Å². The van der Waals surface area contributed by atoms with Crippen molar-refractivity contribution in [2.45, 2.75) is 78.6 Å². The van der Waals surface area contributed by atoms with Crippen molar-refractivity contribution < 1.29 is 8.83 Å². The molecule has 15 rings (SSSR count). The summed E-state index contributed by atoms with van der Waals surface area (Å²) in [6.45, 7) is 20.5. The van der Waals surface area contributed by atoms with Crippen LogP contribution in [0.2, 0.25) is 0 Å². The quantitative estimate of drug-likeness (QED) is 0.165. The van der Waals surface area contributed by atoms with E-state index in [0.717, 1.165) is 78.0 Å². The van der Waals surface area contributed by atoms with Crippen LogP contribution in [-0.2, 0) is 16.2 Å². The lowest BCUT2D eigenvalue weighted by atomic mass is 9.44. The van der Waals surface area contributed by atoms with E-state index in [9.17, 15) is 0 Å². The number of hydrogen-bond acceptors (Lipinski definition) is 4. The van der Waals surface area contributed by atoms with E-state index in [-0.39, 0.29) is 23.1 Å². The van der Waals surface area contributed by atoms with Crippen molar-refractivity contribution in [1.29, 1.82) is 0 Å². The van der Waals surface area contributed by atoms with Crippen LogP contribution in [0.1, 0.15) is 79.0 Å². The first-order valence-electron chi connectivity index (χ1n) is 26.9. The summed E-state index contributed by atoms with van der Waals surface area (Å²) in [5, 5.41) is 9.51. The number of para-hydroxylation sites is 3. The smallest absolute Gasteiger partial charge is 0.333 e. The van der Waals surface area contributed by atoms with Crippen molar-refractivity contribution in [2.24, 2.45) is 0 Å². The Balaban J connectivity index is 1.11. The predicted molar refractivity (Wildman–Crippen MR) is 323 cm³/mol. The second-order valence-electron chi connectivity index (χ2n) is 24.5. The van der Waals surface area contributed by atoms with Gasteiger partial charge in [0.2, 0.25) is 0 Å². The molecule has 0 saturated carbocycles. The van der Waals surface area contributed by atoms with Crippen LogP contribution in [0.4, 0.5) is 34.1 Å². The SMILES string of the molecule is CC(C)(C)c1ccc(N(c2ccc(C(C)(C)C)cc2)c2ccc3c(c2)B2c4c(cc5oc6ccccc6c5c4-c4cc(C(C)(C)C)cc5c6c7ccccc7ccc6n2c45)N3c2cccc3c2oc2ccccc23)cc1. The number of fused-ring (bicyclic) bond motifs is 16. The van der Waals surface area contributed by atoms with Crippen molar-refractivity contribution in [3.8, 4) is 11.1 Å². The van der Waals surface area contributed by atoms with Crippen LogP contribution in [0.15, 0.2) is 197 Å². The fourth-order valence-corrected chi connectivity index (χ4v) is 13.0. The molecule has 0 amide bonds. The maximum absolute atomic E-state index is 7.07. The van der Waals surface area contributed by atoms with Crippen LogP contribution in [-0.4, -0.2) is 11.3 Å². The highest BCUT2D eigenvalue weighted by Crippen LogP contribution is 2.53. The Labute approximate surface area is 443 Å². The van der Waals surface area contributed by atoms with Crippen molar-refractivity contribution in [3.63, 3.8) is 0 Å². The van der Waals surface area contributed by atoms with Crippen LogP contribution in [0.25, 0.3) is 87.6 Å². The van der Waals surface area contributed by atoms with Gasteiger partial charge in [-0.3, -0.25) is 0 Å². The largest absolute Gasteiger partial charge is 0.456 e. The van der Waals surface area contributed by atoms with Gasteiger partial charge in [0, 0.05) is 83.4 Å². The predicted octanol–water partition coefficient (Wildman–Crippen LogP) is 18.5. The van der Waals surface area contributed by atoms with Gasteiger partial charge < -0.3 is 23.1 Å². The van der Waals surface area contributed by atoms with Crippen molar-refractivity contribution in [2.75, 3.05) is 9.80 Å². The van der Waals surface area contributed by atoms with Crippen molar-refractivity contribution >= 4 is 128 Å². The summed E-state index contributed by atoms with van der Waals surface area (Å²) < 4.78 is 16.8. The average Bonchev–Trinajstić information content (AvgIpc) is 4.27. The third-order valence-corrected chi connectivity index (χ3v) is 16.8. The van der Waals surface area contributed by atoms with E-state index in [2.05, 4.69) is 265 Å². The van der Waals surface area contributed by atoms with E-state index in [4.69, 9.17) is 8.83 Å². The molecule has 0 radical (unpaired) electrons. The molecule has 3 aromatic heterocycles. The number of furan rings is 2. The van der Waals surface area contributed by atoms with Gasteiger partial charge in [0.1, 0.15) is 16.7 Å². The number of aromatic nitrogens is 1. The molecule has 368 valence electrons. The summed E-state index contributed by atoms with van der Waals surface area (Å²) in [5.74, 6) is 0. The summed E-state index contributed by atoms with van der Waals surface area (Å²) in [6.07, 6.45) is 0. The van der Waals surface area contributed by atoms with Crippen LogP contribution >= 0.6 is 0 Å². The Bertz CT molecular complexity index is 4530. The van der Waals surface area contributed by atoms with Gasteiger partial charge in [-0.15, -0.1) is 0 Å². The Hall–Kier alpha value is -8.48. The van der Waals surface area contributed by atoms with Gasteiger partial charge in [-0.05, 0) is 139 Å². The third-order valence-electron chi connectivity index (χ3n) is 16.8. The lowest BCUT2D eigenvalue weighted by Gasteiger charge is -2.41. The molecule has 0 N–H and O–H groups in total. The second kappa shape index (κ2) is 15.6. The minimum Gasteiger partial charge on any atom is -0.456 e. The lowest BCUT2D eigenvalue weighted by Crippen LogP contribution is -2.56. The maximum atomic E-state index is 7.07. The number of benzene rings is 10. The average molecular weight is 984 g/mol. The van der Waals surface area contributed by atoms with Crippen molar-refractivity contribution in [1.82, 2.24) is 4.48 Å². The van der Waals surface area contributed by atoms with Gasteiger partial charge in [-0.1, -0.05) is 165 Å². The van der Waals surface area contributed by atoms with Gasteiger partial charge in [-0.2, -0.15) is 0 Å². The lowest BCUT2D eigenvalue weighted by molar-refractivity contribution is 0.590. The molecule has 0 bridgehead atoms. The molecule has 2 aliphatic heterocycles. The van der Waals surface area contributed by atoms with Crippen LogP contribution in [0.3, 0.4) is 0 Å². The second-order valence-corrected chi connectivity index (χ2v) is 24.5. The molecule has 0 saturated heterocycles. The van der Waals surface area contributed by atoms with Crippen LogP contribution < -0.4 is 20.7 Å². The van der Waals surface area contributed by atoms with Gasteiger partial charge in [0.15, 0.2) is 5.58 Å². The van der Waals surface area contributed by atoms with E-state index in [0.29, 0.717) is 0 Å². The number of nitrogens with zero attached hydrogens (tertiary/aromatic N) is 3. The molecule has 10 aromatic carbocycles. The summed E-state index contributed by atoms with van der Waals surface area (Å²) in [7, 11) is 0. The van der Waals surface area contributed by atoms with Gasteiger partial charge in [0.25, 0.3) is 0 Å². The first-order chi connectivity index (χ1) is 36.6. The van der Waals surface area contributed by atoms with E-state index in [1.807, 2.05) is 0 Å². The van der Waals surface area contributed by atoms with E-state index >= 15 is 0 Å². The number of rotatable bonds is 4. The minimum absolute atomic E-state index is 0.00758. The first kappa shape index (κ1) is 45.0. The summed E-state index contributed by atoms with van der Waals surface area (Å²) in [6, 6.07) is 70.3. The Kier molecular flexibility index (Phi) is 9.20. The molecule has 0 aliphatic carbocycles. The summed E-state index contributed by atoms with van der Waals surface area (Å²) >= 11 is 0. The molecule has 5 heterocycles. The van der Waals surface area contributed by atoms with Gasteiger partial charge in [-0.25, -0.2) is 0 Å². The number of anilines is 6. The molecule has 13 aromatic rings. The highest BCUT2D eigenvalue weighted by molar-refractivity contribution is 6.90. The molecule has 0 atom stereocenters. The molecule has 0 spiro atoms. The summed E-state index contributed by atoms with van der Waals surface area (Å²) in [5.41, 5.74) is 21.0. The molecular formula is C70H58BN3O2. The number of hydrogen-bond donors (Lipinski definition) is 0. The fraction of sp³-hybridized carbons (Fsp3) is 0.171. The van der Waals surface area contributed by atoms with Crippen LogP contribution in [0, 0.1) is 0 Å². The monoisotopic (exact) mass is 983 g/mol. The third kappa shape index (κ3) is 6.40. The van der Waals surface area contributed by atoms with E-state index in [1.54, 1.807) is 0 Å². The molecule has 5 nitrogen and oxygen atoms in total. The van der Waals surface area contributed by atoms with Crippen LogP contribution in [0.5, 0.6) is 0 Å². The normalized spacial score (nSPS) is 13.5. The zero-order valence-electron chi connectivity index (χ0n) is 44.6. The molecule has 6 heteroatoms. The Morgan fingerprint density at radius 2 is 1.03 bits per heavy atom. The maximum Gasteiger partial charge on any atom is 0.333 e. The molecule has 0 unspecified atom stereocenters. The highest BCUT2D eigenvalue weighted by atomic mass is 16.3. The van der Waals surface area contributed by atoms with E-state index < -0.39 is 0 Å². The molecular weight excluding hydrogens is 926 g/mol. The fourth-order valence-electron chi connectivity index (χ4n) is 13.0. The minimum atomic E-state index is -0.244. The van der Waals surface area contributed by atoms with Gasteiger partial charge in [0.05, 0.1) is 5.69 Å². The molecule has 0 fully saturated rings. The Morgan fingerprint density at radius 1 is 0.421 bits per heavy atom. The topological polar surface area (TPSA) is 37.7 Å². The van der Waals surface area contributed by atoms with Gasteiger partial charge >= 0.3 is 6.85 Å². The summed E-state index contributed by atoms with van der Waals surface area (Å²) in [4.78, 5) is 4.94. The zero-order chi connectivity index (χ0) is 51.7. The van der Waals surface area contributed by atoms with E-state index in [1.165, 1.54) is 71.3 Å². The zero-order valence-corrected chi connectivity index (χ0v) is 44.6. The Morgan fingerprint density at radius 3 is 1.71 bits per heavy atom. The molecule has 76 heavy (non-hydrogen) atoms. The molecule has 2 aliphatic rings. The highest BCUT2D eigenvalue weighted by Gasteiger charge is 2.46. The standard InChI is InChI=1S/C70H58BN3O2/c1-68(2,3)42-26-30-45(31-27-42)72(46-32-28-43(29-33-46)69(4,5)6)47-34-36-55-54(39-47)71-65-58(73(55)57-22-16-21-50-49-19-12-14-23-59(49)76-67(50)57)40-61-63(51-20-13-15-24-60(51)75-61)64(65)53-38-44(70(7,8)9)37-52-62-48-18-11-10-17-41(48)25-35-56(62)74(71)66(52)53/h10-40H,1-9H3.